The lowest BCUT2D eigenvalue weighted by Crippen LogP contribution is -2.58. The van der Waals surface area contributed by atoms with E-state index in [-0.39, 0.29) is 42.5 Å². The maximum Gasteiger partial charge on any atom is 0.262 e. The minimum Gasteiger partial charge on any atom is -0.490 e. The highest BCUT2D eigenvalue weighted by atomic mass is 16.5. The van der Waals surface area contributed by atoms with Crippen LogP contribution in [0.5, 0.6) is 5.75 Å². The molecule has 3 saturated heterocycles. The molecule has 0 bridgehead atoms. The van der Waals surface area contributed by atoms with Crippen LogP contribution in [0.15, 0.2) is 67.0 Å². The van der Waals surface area contributed by atoms with Gasteiger partial charge in [0.15, 0.2) is 0 Å². The van der Waals surface area contributed by atoms with E-state index in [4.69, 9.17) is 9.72 Å². The normalized spacial score (nSPS) is 23.3. The quantitative estimate of drug-likeness (QED) is 0.207. The first-order valence-electron chi connectivity index (χ1n) is 22.5. The largest absolute Gasteiger partial charge is 0.490 e. The van der Waals surface area contributed by atoms with Gasteiger partial charge in [-0.05, 0) is 120 Å². The lowest BCUT2D eigenvalue weighted by Gasteiger charge is -2.45. The molecule has 0 spiro atoms. The predicted octanol–water partition coefficient (Wildman–Crippen LogP) is 3.99. The Labute approximate surface area is 372 Å². The zero-order chi connectivity index (χ0) is 44.5. The number of ether oxygens (including phenoxy) is 1. The number of likely N-dealkylation sites (N-methyl/N-ethyl adjacent to an activating group) is 1. The van der Waals surface area contributed by atoms with Crippen molar-refractivity contribution in [1.82, 2.24) is 35.3 Å². The highest BCUT2D eigenvalue weighted by Crippen LogP contribution is 2.34. The molecule has 2 N–H and O–H groups in total. The monoisotopic (exact) mass is 866 g/mol. The van der Waals surface area contributed by atoms with Crippen molar-refractivity contribution >= 4 is 51.9 Å². The molecule has 1 unspecified atom stereocenters. The molecule has 1 aliphatic carbocycles. The summed E-state index contributed by atoms with van der Waals surface area (Å²) in [4.78, 5) is 83.9. The summed E-state index contributed by atoms with van der Waals surface area (Å²) in [6.45, 7) is 6.04. The van der Waals surface area contributed by atoms with Crippen LogP contribution in [0.4, 0.5) is 11.5 Å². The number of nitrogens with one attached hydrogen (secondary N) is 2. The first kappa shape index (κ1) is 42.8. The number of anilines is 2. The van der Waals surface area contributed by atoms with Crippen molar-refractivity contribution < 1.29 is 28.7 Å². The van der Waals surface area contributed by atoms with Crippen molar-refractivity contribution in [2.45, 2.75) is 75.6 Å². The fourth-order valence-corrected chi connectivity index (χ4v) is 10.1. The Morgan fingerprint density at radius 2 is 1.69 bits per heavy atom. The first-order valence-corrected chi connectivity index (χ1v) is 22.5. The van der Waals surface area contributed by atoms with Crippen molar-refractivity contribution in [2.24, 2.45) is 5.92 Å². The summed E-state index contributed by atoms with van der Waals surface area (Å²) in [7, 11) is 4.17. The number of pyridine rings is 2. The first-order chi connectivity index (χ1) is 31.0. The number of benzene rings is 2. The van der Waals surface area contributed by atoms with Crippen molar-refractivity contribution in [3.63, 3.8) is 0 Å². The van der Waals surface area contributed by atoms with Gasteiger partial charge in [-0.3, -0.25) is 44.1 Å². The fraction of sp³-hybridized carbons (Fsp3) is 0.458. The third kappa shape index (κ3) is 8.87. The van der Waals surface area contributed by atoms with Gasteiger partial charge in [-0.15, -0.1) is 0 Å². The Bertz CT molecular complexity index is 2490. The number of rotatable bonds is 11. The Kier molecular flexibility index (Phi) is 12.3. The minimum absolute atomic E-state index is 0.0217. The number of carbonyl (C=O) groups is 5. The zero-order valence-corrected chi connectivity index (χ0v) is 36.4. The fourth-order valence-electron chi connectivity index (χ4n) is 10.1. The third-order valence-electron chi connectivity index (χ3n) is 13.6. The average molecular weight is 867 g/mol. The highest BCUT2D eigenvalue weighted by molar-refractivity contribution is 6.23. The maximum atomic E-state index is 13.5. The van der Waals surface area contributed by atoms with Gasteiger partial charge in [0.25, 0.3) is 17.7 Å². The van der Waals surface area contributed by atoms with Gasteiger partial charge in [-0.25, -0.2) is 4.98 Å². The molecule has 2 atom stereocenters. The standard InChI is InChI=1S/C48H54N10O6/c1-54(2)28-35-29-57(34-9-12-37-39(24-34)48(63)58(47(37)62)40-13-16-43(59)53-46(40)61)23-22-56(35)27-30-17-20-55(21-18-30)42-15-6-32(26-51-42)45(60)52-33-7-10-36(11-8-33)64-41-14-5-31(25-49)44-38(41)4-3-19-50-44/h3-6,9,12,14-15,19,24,26,30,33,35-36,40H,7-8,10-11,13,16-18,20-23,27-29H2,1-2H3,(H,52,60)(H,53,59,61)/t33?,35-,36?,40?/m0/s1. The Hall–Kier alpha value is -6.44. The predicted molar refractivity (Wildman–Crippen MR) is 239 cm³/mol. The molecule has 332 valence electrons. The third-order valence-corrected chi connectivity index (χ3v) is 13.6. The van der Waals surface area contributed by atoms with Gasteiger partial charge in [0.05, 0.1) is 33.9 Å². The van der Waals surface area contributed by atoms with Crippen LogP contribution in [0.25, 0.3) is 10.9 Å². The minimum atomic E-state index is -0.989. The summed E-state index contributed by atoms with van der Waals surface area (Å²) in [5, 5.41) is 15.8. The van der Waals surface area contributed by atoms with Crippen molar-refractivity contribution in [1.29, 1.82) is 5.26 Å². The summed E-state index contributed by atoms with van der Waals surface area (Å²) in [6.07, 6.45) is 8.91. The molecule has 64 heavy (non-hydrogen) atoms. The lowest BCUT2D eigenvalue weighted by atomic mass is 9.92. The van der Waals surface area contributed by atoms with Gasteiger partial charge in [0, 0.05) is 87.8 Å². The molecule has 4 aromatic rings. The summed E-state index contributed by atoms with van der Waals surface area (Å²) in [5.74, 6) is 0.0281. The Morgan fingerprint density at radius 1 is 0.891 bits per heavy atom. The number of piperazine rings is 1. The van der Waals surface area contributed by atoms with E-state index in [9.17, 15) is 29.2 Å². The molecular formula is C48H54N10O6. The van der Waals surface area contributed by atoms with Crippen LogP contribution in [0.3, 0.4) is 0 Å². The zero-order valence-electron chi connectivity index (χ0n) is 36.4. The maximum absolute atomic E-state index is 13.5. The molecule has 9 rings (SSSR count). The van der Waals surface area contributed by atoms with Crippen molar-refractivity contribution in [2.75, 3.05) is 69.7 Å². The molecule has 16 nitrogen and oxygen atoms in total. The van der Waals surface area contributed by atoms with E-state index < -0.39 is 29.7 Å². The van der Waals surface area contributed by atoms with E-state index in [0.29, 0.717) is 28.1 Å². The topological polar surface area (TPSA) is 184 Å². The van der Waals surface area contributed by atoms with Crippen LogP contribution in [-0.2, 0) is 9.59 Å². The van der Waals surface area contributed by atoms with Crippen molar-refractivity contribution in [3.8, 4) is 11.8 Å². The van der Waals surface area contributed by atoms with Crippen LogP contribution < -0.4 is 25.2 Å². The van der Waals surface area contributed by atoms with E-state index in [1.54, 1.807) is 30.6 Å². The van der Waals surface area contributed by atoms with E-state index in [0.717, 1.165) is 112 Å². The molecule has 1 saturated carbocycles. The smallest absolute Gasteiger partial charge is 0.262 e. The number of hydrogen-bond acceptors (Lipinski definition) is 13. The number of piperidine rings is 2. The molecule has 4 aliphatic heterocycles. The summed E-state index contributed by atoms with van der Waals surface area (Å²) < 4.78 is 6.38. The number of nitriles is 1. The van der Waals surface area contributed by atoms with Gasteiger partial charge in [-0.1, -0.05) is 0 Å². The number of imide groups is 2. The number of aromatic nitrogens is 2. The summed E-state index contributed by atoms with van der Waals surface area (Å²) >= 11 is 0. The molecule has 4 fully saturated rings. The van der Waals surface area contributed by atoms with Crippen molar-refractivity contribution in [3.05, 3.63) is 89.2 Å². The molecule has 5 aliphatic rings. The van der Waals surface area contributed by atoms with Crippen LogP contribution in [0.2, 0.25) is 0 Å². The number of fused-ring (bicyclic) bond motifs is 2. The van der Waals surface area contributed by atoms with Crippen LogP contribution in [0, 0.1) is 17.2 Å². The summed E-state index contributed by atoms with van der Waals surface area (Å²) in [5.41, 5.74) is 3.18. The van der Waals surface area contributed by atoms with E-state index in [2.05, 4.69) is 55.4 Å². The second-order valence-electron chi connectivity index (χ2n) is 18.1. The number of amides is 5. The molecule has 5 amide bonds. The molecule has 0 radical (unpaired) electrons. The van der Waals surface area contributed by atoms with Gasteiger partial charge in [0.2, 0.25) is 11.8 Å². The second-order valence-corrected chi connectivity index (χ2v) is 18.1. The SMILES string of the molecule is CN(C)C[C@H]1CN(c2ccc3c(c2)C(=O)N(C2CCC(=O)NC2=O)C3=O)CCN1CC1CCN(c2ccc(C(=O)NC3CCC(Oc4ccc(C#N)c5ncccc45)CC3)cn2)CC1. The number of nitrogens with zero attached hydrogens (tertiary/aromatic N) is 8. The van der Waals surface area contributed by atoms with E-state index >= 15 is 0 Å². The molecule has 6 heterocycles. The van der Waals surface area contributed by atoms with Crippen LogP contribution in [0.1, 0.15) is 88.0 Å². The van der Waals surface area contributed by atoms with Gasteiger partial charge in [-0.2, -0.15) is 5.26 Å². The number of carbonyl (C=O) groups excluding carboxylic acids is 5. The summed E-state index contributed by atoms with van der Waals surface area (Å²) in [6, 6.07) is 18.1. The highest BCUT2D eigenvalue weighted by Gasteiger charge is 2.45. The number of hydrogen-bond donors (Lipinski definition) is 2. The Morgan fingerprint density at radius 3 is 2.42 bits per heavy atom. The molecule has 2 aromatic carbocycles. The van der Waals surface area contributed by atoms with E-state index in [1.807, 2.05) is 36.4 Å². The second kappa shape index (κ2) is 18.3. The van der Waals surface area contributed by atoms with Crippen LogP contribution in [-0.4, -0.2) is 138 Å². The van der Waals surface area contributed by atoms with Crippen LogP contribution >= 0.6 is 0 Å². The lowest BCUT2D eigenvalue weighted by molar-refractivity contribution is -0.136. The van der Waals surface area contributed by atoms with E-state index in [1.165, 1.54) is 0 Å². The average Bonchev–Trinajstić information content (AvgIpc) is 3.55. The van der Waals surface area contributed by atoms with Gasteiger partial charge < -0.3 is 24.8 Å². The van der Waals surface area contributed by atoms with Gasteiger partial charge >= 0.3 is 0 Å². The molecule has 2 aromatic heterocycles. The molecular weight excluding hydrogens is 813 g/mol. The van der Waals surface area contributed by atoms with Gasteiger partial charge in [0.1, 0.15) is 23.7 Å². The Balaban J connectivity index is 0.740. The molecule has 16 heteroatoms.